The fourth-order valence-corrected chi connectivity index (χ4v) is 2.59. The quantitative estimate of drug-likeness (QED) is 0.544. The molecule has 1 atom stereocenters. The van der Waals surface area contributed by atoms with E-state index in [2.05, 4.69) is 24.8 Å². The van der Waals surface area contributed by atoms with Gasteiger partial charge in [0.1, 0.15) is 0 Å². The van der Waals surface area contributed by atoms with Gasteiger partial charge in [-0.1, -0.05) is 11.6 Å². The summed E-state index contributed by atoms with van der Waals surface area (Å²) in [6, 6.07) is 0. The highest BCUT2D eigenvalue weighted by molar-refractivity contribution is 8.00. The second kappa shape index (κ2) is 6.18. The van der Waals surface area contributed by atoms with Gasteiger partial charge in [0.25, 0.3) is 0 Å². The molecule has 0 aliphatic carbocycles. The molecule has 1 fully saturated rings. The molecular weight excluding hydrogens is 210 g/mol. The van der Waals surface area contributed by atoms with E-state index in [0.717, 1.165) is 18.8 Å². The van der Waals surface area contributed by atoms with Crippen molar-refractivity contribution in [3.05, 3.63) is 11.6 Å². The zero-order valence-corrected chi connectivity index (χ0v) is 10.5. The number of thioether (sulfide) groups is 1. The summed E-state index contributed by atoms with van der Waals surface area (Å²) in [5.41, 5.74) is 1.29. The Kier molecular flexibility index (Phi) is 5.19. The Balaban J connectivity index is 2.49. The first kappa shape index (κ1) is 12.6. The maximum atomic E-state index is 11.6. The van der Waals surface area contributed by atoms with Crippen LogP contribution in [0.1, 0.15) is 20.8 Å². The lowest BCUT2D eigenvalue weighted by molar-refractivity contribution is -0.145. The standard InChI is InChI=1S/C11H19NO2S/c1-4-14-11(13)10-12(7-8-15-10)6-5-9(2)3/h5,10H,4,6-8H2,1-3H3. The van der Waals surface area contributed by atoms with E-state index < -0.39 is 0 Å². The highest BCUT2D eigenvalue weighted by atomic mass is 32.2. The number of carbonyl (C=O) groups excluding carboxylic acids is 1. The van der Waals surface area contributed by atoms with Crippen molar-refractivity contribution in [2.45, 2.75) is 26.1 Å². The van der Waals surface area contributed by atoms with Gasteiger partial charge in [0.15, 0.2) is 5.37 Å². The number of carbonyl (C=O) groups is 1. The minimum atomic E-state index is -0.0967. The summed E-state index contributed by atoms with van der Waals surface area (Å²) in [6.07, 6.45) is 2.15. The maximum absolute atomic E-state index is 11.6. The van der Waals surface area contributed by atoms with Crippen LogP contribution in [0, 0.1) is 0 Å². The molecular formula is C11H19NO2S. The fourth-order valence-electron chi connectivity index (χ4n) is 1.42. The van der Waals surface area contributed by atoms with Crippen LogP contribution in [0.5, 0.6) is 0 Å². The summed E-state index contributed by atoms with van der Waals surface area (Å²) < 4.78 is 5.04. The molecule has 15 heavy (non-hydrogen) atoms. The lowest BCUT2D eigenvalue weighted by Gasteiger charge is -2.20. The second-order valence-corrected chi connectivity index (χ2v) is 4.94. The topological polar surface area (TPSA) is 29.5 Å². The number of ether oxygens (including phenoxy) is 1. The monoisotopic (exact) mass is 229 g/mol. The normalized spacial score (nSPS) is 21.4. The molecule has 0 bridgehead atoms. The third-order valence-electron chi connectivity index (χ3n) is 2.21. The molecule has 1 unspecified atom stereocenters. The minimum absolute atomic E-state index is 0.0952. The molecule has 0 radical (unpaired) electrons. The Morgan fingerprint density at radius 3 is 2.93 bits per heavy atom. The van der Waals surface area contributed by atoms with E-state index in [1.54, 1.807) is 11.8 Å². The Morgan fingerprint density at radius 2 is 2.33 bits per heavy atom. The predicted molar refractivity (Wildman–Crippen MR) is 63.9 cm³/mol. The summed E-state index contributed by atoms with van der Waals surface area (Å²) in [6.45, 7) is 8.27. The van der Waals surface area contributed by atoms with Crippen LogP contribution >= 0.6 is 11.8 Å². The van der Waals surface area contributed by atoms with Gasteiger partial charge in [-0.2, -0.15) is 0 Å². The van der Waals surface area contributed by atoms with Gasteiger partial charge in [0.05, 0.1) is 6.61 Å². The van der Waals surface area contributed by atoms with E-state index in [9.17, 15) is 4.79 Å². The summed E-state index contributed by atoms with van der Waals surface area (Å²) in [4.78, 5) is 13.8. The molecule has 1 aliphatic rings. The predicted octanol–water partition coefficient (Wildman–Crippen LogP) is 1.89. The van der Waals surface area contributed by atoms with E-state index in [-0.39, 0.29) is 11.3 Å². The zero-order chi connectivity index (χ0) is 11.3. The molecule has 1 rings (SSSR count). The van der Waals surface area contributed by atoms with Crippen molar-refractivity contribution in [1.29, 1.82) is 0 Å². The van der Waals surface area contributed by atoms with Crippen LogP contribution in [-0.4, -0.2) is 41.7 Å². The van der Waals surface area contributed by atoms with Crippen LogP contribution in [0.2, 0.25) is 0 Å². The first-order chi connectivity index (χ1) is 7.15. The fraction of sp³-hybridized carbons (Fsp3) is 0.727. The molecule has 0 spiro atoms. The average Bonchev–Trinajstić information content (AvgIpc) is 2.62. The SMILES string of the molecule is CCOC(=O)C1SCCN1CC=C(C)C. The molecule has 0 saturated carbocycles. The van der Waals surface area contributed by atoms with Crippen molar-refractivity contribution >= 4 is 17.7 Å². The van der Waals surface area contributed by atoms with E-state index in [1.807, 2.05) is 6.92 Å². The van der Waals surface area contributed by atoms with E-state index in [0.29, 0.717) is 6.61 Å². The van der Waals surface area contributed by atoms with Crippen molar-refractivity contribution in [3.63, 3.8) is 0 Å². The number of allylic oxidation sites excluding steroid dienone is 1. The van der Waals surface area contributed by atoms with Gasteiger partial charge in [-0.25, -0.2) is 4.79 Å². The van der Waals surface area contributed by atoms with Gasteiger partial charge >= 0.3 is 5.97 Å². The zero-order valence-electron chi connectivity index (χ0n) is 9.66. The first-order valence-corrected chi connectivity index (χ1v) is 6.35. The summed E-state index contributed by atoms with van der Waals surface area (Å²) >= 11 is 1.67. The lowest BCUT2D eigenvalue weighted by Crippen LogP contribution is -2.36. The van der Waals surface area contributed by atoms with E-state index in [1.165, 1.54) is 5.57 Å². The van der Waals surface area contributed by atoms with Crippen molar-refractivity contribution in [1.82, 2.24) is 4.90 Å². The third-order valence-corrected chi connectivity index (χ3v) is 3.43. The van der Waals surface area contributed by atoms with Gasteiger partial charge < -0.3 is 4.74 Å². The smallest absolute Gasteiger partial charge is 0.333 e. The Bertz CT molecular complexity index is 249. The summed E-state index contributed by atoms with van der Waals surface area (Å²) in [5.74, 6) is 0.919. The van der Waals surface area contributed by atoms with Crippen LogP contribution in [0.25, 0.3) is 0 Å². The first-order valence-electron chi connectivity index (χ1n) is 5.30. The summed E-state index contributed by atoms with van der Waals surface area (Å²) in [5, 5.41) is -0.0967. The van der Waals surface area contributed by atoms with Crippen LogP contribution in [0.4, 0.5) is 0 Å². The van der Waals surface area contributed by atoms with Crippen molar-refractivity contribution in [2.24, 2.45) is 0 Å². The Labute approximate surface area is 95.9 Å². The van der Waals surface area contributed by atoms with E-state index >= 15 is 0 Å². The number of hydrogen-bond acceptors (Lipinski definition) is 4. The van der Waals surface area contributed by atoms with Gasteiger partial charge in [-0.3, -0.25) is 4.90 Å². The van der Waals surface area contributed by atoms with Crippen molar-refractivity contribution in [3.8, 4) is 0 Å². The molecule has 1 saturated heterocycles. The highest BCUT2D eigenvalue weighted by Gasteiger charge is 2.31. The molecule has 0 amide bonds. The van der Waals surface area contributed by atoms with Gasteiger partial charge in [-0.05, 0) is 20.8 Å². The number of esters is 1. The van der Waals surface area contributed by atoms with Crippen LogP contribution < -0.4 is 0 Å². The average molecular weight is 229 g/mol. The molecule has 1 aliphatic heterocycles. The largest absolute Gasteiger partial charge is 0.464 e. The molecule has 0 N–H and O–H groups in total. The molecule has 0 aromatic rings. The number of nitrogens with zero attached hydrogens (tertiary/aromatic N) is 1. The molecule has 1 heterocycles. The van der Waals surface area contributed by atoms with Gasteiger partial charge in [0, 0.05) is 18.8 Å². The van der Waals surface area contributed by atoms with Crippen LogP contribution in [0.3, 0.4) is 0 Å². The van der Waals surface area contributed by atoms with Crippen LogP contribution in [0.15, 0.2) is 11.6 Å². The molecule has 4 heteroatoms. The maximum Gasteiger partial charge on any atom is 0.333 e. The minimum Gasteiger partial charge on any atom is -0.464 e. The lowest BCUT2D eigenvalue weighted by atomic mass is 10.3. The highest BCUT2D eigenvalue weighted by Crippen LogP contribution is 2.24. The number of rotatable bonds is 4. The van der Waals surface area contributed by atoms with E-state index in [4.69, 9.17) is 4.74 Å². The number of hydrogen-bond donors (Lipinski definition) is 0. The van der Waals surface area contributed by atoms with Gasteiger partial charge in [-0.15, -0.1) is 11.8 Å². The molecule has 0 aromatic heterocycles. The molecule has 0 aromatic carbocycles. The Morgan fingerprint density at radius 1 is 1.60 bits per heavy atom. The van der Waals surface area contributed by atoms with Crippen LogP contribution in [-0.2, 0) is 9.53 Å². The Hall–Kier alpha value is -0.480. The third kappa shape index (κ3) is 3.87. The van der Waals surface area contributed by atoms with Crippen molar-refractivity contribution < 1.29 is 9.53 Å². The second-order valence-electron chi connectivity index (χ2n) is 3.75. The molecule has 86 valence electrons. The molecule has 3 nitrogen and oxygen atoms in total. The van der Waals surface area contributed by atoms with Gasteiger partial charge in [0.2, 0.25) is 0 Å². The van der Waals surface area contributed by atoms with Crippen molar-refractivity contribution in [2.75, 3.05) is 25.4 Å². The summed E-state index contributed by atoms with van der Waals surface area (Å²) in [7, 11) is 0.